The average Bonchev–Trinajstić information content (AvgIpc) is 2.76. The molecule has 0 radical (unpaired) electrons. The van der Waals surface area contributed by atoms with Crippen LogP contribution >= 0.6 is 24.8 Å². The molecule has 4 nitrogen and oxygen atoms in total. The molecule has 1 aliphatic rings. The summed E-state index contributed by atoms with van der Waals surface area (Å²) in [6, 6.07) is 6.07. The molecule has 0 aromatic heterocycles. The van der Waals surface area contributed by atoms with Gasteiger partial charge in [0, 0.05) is 6.54 Å². The summed E-state index contributed by atoms with van der Waals surface area (Å²) in [5.74, 6) is 1.70. The van der Waals surface area contributed by atoms with E-state index in [0.717, 1.165) is 37.6 Å². The lowest BCUT2D eigenvalue weighted by Gasteiger charge is -2.05. The van der Waals surface area contributed by atoms with Crippen molar-refractivity contribution in [3.63, 3.8) is 0 Å². The van der Waals surface area contributed by atoms with E-state index in [1.165, 1.54) is 5.56 Å². The summed E-state index contributed by atoms with van der Waals surface area (Å²) in [7, 11) is 1.97. The molecular weight excluding hydrogens is 275 g/mol. The molecule has 0 unspecified atom stereocenters. The molecule has 0 fully saturated rings. The molecule has 2 N–H and O–H groups in total. The van der Waals surface area contributed by atoms with Crippen molar-refractivity contribution in [2.45, 2.75) is 13.0 Å². The third kappa shape index (κ3) is 4.90. The van der Waals surface area contributed by atoms with Crippen LogP contribution in [0.15, 0.2) is 18.2 Å². The van der Waals surface area contributed by atoms with Gasteiger partial charge in [0.1, 0.15) is 0 Å². The van der Waals surface area contributed by atoms with E-state index in [1.807, 2.05) is 19.2 Å². The fraction of sp³-hybridized carbons (Fsp3) is 0.500. The highest BCUT2D eigenvalue weighted by Crippen LogP contribution is 2.32. The molecule has 1 aromatic rings. The zero-order valence-corrected chi connectivity index (χ0v) is 12.0. The zero-order valence-electron chi connectivity index (χ0n) is 10.4. The highest BCUT2D eigenvalue weighted by atomic mass is 35.5. The van der Waals surface area contributed by atoms with Crippen LogP contribution in [-0.2, 0) is 6.54 Å². The van der Waals surface area contributed by atoms with Crippen molar-refractivity contribution in [3.8, 4) is 11.5 Å². The van der Waals surface area contributed by atoms with Gasteiger partial charge in [-0.1, -0.05) is 6.07 Å². The molecule has 0 aliphatic carbocycles. The number of halogens is 2. The lowest BCUT2D eigenvalue weighted by atomic mass is 10.2. The molecule has 1 heterocycles. The SMILES string of the molecule is CNCCCNCc1ccc2c(c1)OCO2.Cl.Cl. The van der Waals surface area contributed by atoms with E-state index >= 15 is 0 Å². The first-order valence-corrected chi connectivity index (χ1v) is 5.64. The maximum Gasteiger partial charge on any atom is 0.231 e. The first-order chi connectivity index (χ1) is 7.90. The Hall–Kier alpha value is -0.680. The molecule has 6 heteroatoms. The van der Waals surface area contributed by atoms with Gasteiger partial charge in [-0.3, -0.25) is 0 Å². The minimum absolute atomic E-state index is 0. The largest absolute Gasteiger partial charge is 0.454 e. The highest BCUT2D eigenvalue weighted by molar-refractivity contribution is 5.85. The van der Waals surface area contributed by atoms with Gasteiger partial charge in [0.25, 0.3) is 0 Å². The first-order valence-electron chi connectivity index (χ1n) is 5.64. The predicted octanol–water partition coefficient (Wildman–Crippen LogP) is 1.96. The van der Waals surface area contributed by atoms with Crippen molar-refractivity contribution >= 4 is 24.8 Å². The minimum Gasteiger partial charge on any atom is -0.454 e. The second kappa shape index (κ2) is 9.28. The van der Waals surface area contributed by atoms with E-state index in [4.69, 9.17) is 9.47 Å². The van der Waals surface area contributed by atoms with E-state index in [0.29, 0.717) is 6.79 Å². The van der Waals surface area contributed by atoms with Crippen LogP contribution in [0, 0.1) is 0 Å². The summed E-state index contributed by atoms with van der Waals surface area (Å²) in [6.45, 7) is 3.29. The lowest BCUT2D eigenvalue weighted by Crippen LogP contribution is -2.19. The molecule has 1 aliphatic heterocycles. The van der Waals surface area contributed by atoms with Crippen molar-refractivity contribution in [1.82, 2.24) is 10.6 Å². The Morgan fingerprint density at radius 1 is 1.11 bits per heavy atom. The van der Waals surface area contributed by atoms with Gasteiger partial charge >= 0.3 is 0 Å². The first kappa shape index (κ1) is 17.3. The molecule has 18 heavy (non-hydrogen) atoms. The van der Waals surface area contributed by atoms with Crippen LogP contribution in [0.1, 0.15) is 12.0 Å². The molecular formula is C12H20Cl2N2O2. The molecule has 0 saturated heterocycles. The normalized spacial score (nSPS) is 11.6. The van der Waals surface area contributed by atoms with E-state index in [1.54, 1.807) is 0 Å². The summed E-state index contributed by atoms with van der Waals surface area (Å²) < 4.78 is 10.6. The van der Waals surface area contributed by atoms with Gasteiger partial charge in [-0.25, -0.2) is 0 Å². The summed E-state index contributed by atoms with van der Waals surface area (Å²) in [5.41, 5.74) is 1.23. The maximum atomic E-state index is 5.32. The fourth-order valence-corrected chi connectivity index (χ4v) is 1.67. The van der Waals surface area contributed by atoms with Gasteiger partial charge in [-0.2, -0.15) is 0 Å². The van der Waals surface area contributed by atoms with Gasteiger partial charge < -0.3 is 20.1 Å². The minimum atomic E-state index is 0. The molecule has 0 spiro atoms. The molecule has 0 amide bonds. The Labute approximate surface area is 120 Å². The Balaban J connectivity index is 0.00000144. The van der Waals surface area contributed by atoms with Crippen LogP contribution < -0.4 is 20.1 Å². The van der Waals surface area contributed by atoms with Crippen LogP contribution in [0.2, 0.25) is 0 Å². The number of benzene rings is 1. The Kier molecular flexibility index (Phi) is 8.93. The van der Waals surface area contributed by atoms with Gasteiger partial charge in [0.05, 0.1) is 0 Å². The molecule has 0 atom stereocenters. The number of hydrogen-bond acceptors (Lipinski definition) is 4. The van der Waals surface area contributed by atoms with Gasteiger partial charge in [0.15, 0.2) is 11.5 Å². The van der Waals surface area contributed by atoms with Crippen molar-refractivity contribution in [1.29, 1.82) is 0 Å². The van der Waals surface area contributed by atoms with Crippen LogP contribution in [0.3, 0.4) is 0 Å². The zero-order chi connectivity index (χ0) is 11.2. The second-order valence-corrected chi connectivity index (χ2v) is 3.82. The molecule has 104 valence electrons. The Morgan fingerprint density at radius 2 is 1.89 bits per heavy atom. The van der Waals surface area contributed by atoms with Gasteiger partial charge in [-0.05, 0) is 44.3 Å². The van der Waals surface area contributed by atoms with E-state index in [9.17, 15) is 0 Å². The third-order valence-electron chi connectivity index (χ3n) is 2.55. The second-order valence-electron chi connectivity index (χ2n) is 3.82. The topological polar surface area (TPSA) is 42.5 Å². The lowest BCUT2D eigenvalue weighted by molar-refractivity contribution is 0.174. The monoisotopic (exact) mass is 294 g/mol. The highest BCUT2D eigenvalue weighted by Gasteiger charge is 2.12. The average molecular weight is 295 g/mol. The van der Waals surface area contributed by atoms with Crippen molar-refractivity contribution in [2.75, 3.05) is 26.9 Å². The van der Waals surface area contributed by atoms with Crippen molar-refractivity contribution in [3.05, 3.63) is 23.8 Å². The van der Waals surface area contributed by atoms with E-state index in [2.05, 4.69) is 16.7 Å². The van der Waals surface area contributed by atoms with Gasteiger partial charge in [0.2, 0.25) is 6.79 Å². The van der Waals surface area contributed by atoms with Crippen LogP contribution in [0.5, 0.6) is 11.5 Å². The van der Waals surface area contributed by atoms with E-state index in [-0.39, 0.29) is 24.8 Å². The van der Waals surface area contributed by atoms with Crippen LogP contribution in [0.25, 0.3) is 0 Å². The van der Waals surface area contributed by atoms with E-state index < -0.39 is 0 Å². The quantitative estimate of drug-likeness (QED) is 0.787. The Bertz CT molecular complexity index is 351. The van der Waals surface area contributed by atoms with Gasteiger partial charge in [-0.15, -0.1) is 24.8 Å². The fourth-order valence-electron chi connectivity index (χ4n) is 1.67. The smallest absolute Gasteiger partial charge is 0.231 e. The number of nitrogens with one attached hydrogen (secondary N) is 2. The number of fused-ring (bicyclic) bond motifs is 1. The van der Waals surface area contributed by atoms with Crippen LogP contribution in [0.4, 0.5) is 0 Å². The molecule has 0 saturated carbocycles. The van der Waals surface area contributed by atoms with Crippen molar-refractivity contribution in [2.24, 2.45) is 0 Å². The third-order valence-corrected chi connectivity index (χ3v) is 2.55. The predicted molar refractivity (Wildman–Crippen MR) is 77.3 cm³/mol. The summed E-state index contributed by atoms with van der Waals surface area (Å²) >= 11 is 0. The van der Waals surface area contributed by atoms with Crippen LogP contribution in [-0.4, -0.2) is 26.9 Å². The summed E-state index contributed by atoms with van der Waals surface area (Å²) in [6.07, 6.45) is 1.14. The summed E-state index contributed by atoms with van der Waals surface area (Å²) in [4.78, 5) is 0. The maximum absolute atomic E-state index is 5.32. The Morgan fingerprint density at radius 3 is 2.67 bits per heavy atom. The van der Waals surface area contributed by atoms with Crippen molar-refractivity contribution < 1.29 is 9.47 Å². The summed E-state index contributed by atoms with van der Waals surface area (Å²) in [5, 5.41) is 6.52. The molecule has 2 rings (SSSR count). The number of ether oxygens (including phenoxy) is 2. The number of rotatable bonds is 6. The molecule has 1 aromatic carbocycles. The molecule has 0 bridgehead atoms. The standard InChI is InChI=1S/C12H18N2O2.2ClH/c1-13-5-2-6-14-8-10-3-4-11-12(7-10)16-9-15-11;;/h3-4,7,13-14H,2,5-6,8-9H2,1H3;2*1H. The number of hydrogen-bond donors (Lipinski definition) is 2.